The second-order valence-electron chi connectivity index (χ2n) is 5.58. The summed E-state index contributed by atoms with van der Waals surface area (Å²) in [5.74, 6) is 0. The van der Waals surface area contributed by atoms with Gasteiger partial charge in [0.15, 0.2) is 0 Å². The van der Waals surface area contributed by atoms with Crippen LogP contribution in [-0.2, 0) is 0 Å². The Hall–Kier alpha value is -0.810. The van der Waals surface area contributed by atoms with Crippen LogP contribution in [0, 0.1) is 0 Å². The van der Waals surface area contributed by atoms with Crippen molar-refractivity contribution in [3.63, 3.8) is 0 Å². The molecule has 1 rings (SSSR count). The molecule has 0 saturated carbocycles. The molecule has 88 valence electrons. The van der Waals surface area contributed by atoms with Gasteiger partial charge in [-0.05, 0) is 40.5 Å². The minimum atomic E-state index is -0.534. The van der Waals surface area contributed by atoms with Crippen molar-refractivity contribution in [1.82, 2.24) is 16.1 Å². The average Bonchev–Trinajstić information content (AvgIpc) is 1.97. The quantitative estimate of drug-likeness (QED) is 0.389. The van der Waals surface area contributed by atoms with Crippen LogP contribution in [0.25, 0.3) is 0 Å². The maximum absolute atomic E-state index is 11.0. The fourth-order valence-electron chi connectivity index (χ4n) is 2.64. The molecule has 5 heteroatoms. The molecule has 0 aromatic heterocycles. The maximum Gasteiger partial charge on any atom is 0.338 e. The van der Waals surface area contributed by atoms with Crippen LogP contribution in [0.1, 0.15) is 40.5 Å². The number of urea groups is 1. The molecule has 15 heavy (non-hydrogen) atoms. The first-order valence-corrected chi connectivity index (χ1v) is 5.24. The van der Waals surface area contributed by atoms with Gasteiger partial charge in [0, 0.05) is 17.1 Å². The molecule has 0 radical (unpaired) electrons. The first-order chi connectivity index (χ1) is 6.74. The third-order valence-electron chi connectivity index (χ3n) is 2.63. The van der Waals surface area contributed by atoms with Crippen LogP contribution in [0.2, 0.25) is 0 Å². The minimum absolute atomic E-state index is 0.00481. The molecule has 0 atom stereocenters. The second-order valence-corrected chi connectivity index (χ2v) is 5.58. The zero-order valence-electron chi connectivity index (χ0n) is 9.85. The molecule has 1 aliphatic rings. The van der Waals surface area contributed by atoms with E-state index in [-0.39, 0.29) is 17.1 Å². The Bertz CT molecular complexity index is 235. The Morgan fingerprint density at radius 1 is 1.27 bits per heavy atom. The Kier molecular flexibility index (Phi) is 3.25. The van der Waals surface area contributed by atoms with Gasteiger partial charge in [0.1, 0.15) is 0 Å². The van der Waals surface area contributed by atoms with Crippen LogP contribution in [-0.4, -0.2) is 28.4 Å². The molecule has 5 nitrogen and oxygen atoms in total. The average molecular weight is 215 g/mol. The minimum Gasteiger partial charge on any atom is -0.334 e. The molecule has 0 spiro atoms. The van der Waals surface area contributed by atoms with Crippen LogP contribution in [0.15, 0.2) is 0 Å². The van der Waals surface area contributed by atoms with Crippen molar-refractivity contribution in [3.8, 4) is 0 Å². The van der Waals surface area contributed by atoms with E-state index in [4.69, 9.17) is 5.21 Å². The molecule has 0 aromatic carbocycles. The van der Waals surface area contributed by atoms with Crippen molar-refractivity contribution in [2.75, 3.05) is 0 Å². The number of hydroxylamine groups is 1. The summed E-state index contributed by atoms with van der Waals surface area (Å²) in [5.41, 5.74) is 1.59. The topological polar surface area (TPSA) is 73.4 Å². The van der Waals surface area contributed by atoms with Crippen molar-refractivity contribution < 1.29 is 10.0 Å². The van der Waals surface area contributed by atoms with E-state index in [2.05, 4.69) is 38.3 Å². The Balaban J connectivity index is 2.63. The van der Waals surface area contributed by atoms with Crippen LogP contribution in [0.3, 0.4) is 0 Å². The highest BCUT2D eigenvalue weighted by atomic mass is 16.5. The fraction of sp³-hybridized carbons (Fsp3) is 0.900. The molecule has 0 bridgehead atoms. The third-order valence-corrected chi connectivity index (χ3v) is 2.63. The number of hydrogen-bond acceptors (Lipinski definition) is 3. The second kappa shape index (κ2) is 3.98. The maximum atomic E-state index is 11.0. The number of carbonyl (C=O) groups excluding carboxylic acids is 1. The van der Waals surface area contributed by atoms with Gasteiger partial charge in [-0.3, -0.25) is 5.21 Å². The van der Waals surface area contributed by atoms with Gasteiger partial charge in [0.05, 0.1) is 0 Å². The number of hydrogen-bond donors (Lipinski definition) is 4. The first-order valence-electron chi connectivity index (χ1n) is 5.24. The lowest BCUT2D eigenvalue weighted by molar-refractivity contribution is 0.130. The van der Waals surface area contributed by atoms with E-state index in [9.17, 15) is 4.79 Å². The van der Waals surface area contributed by atoms with Crippen LogP contribution in [0.5, 0.6) is 0 Å². The van der Waals surface area contributed by atoms with Gasteiger partial charge in [-0.15, -0.1) is 0 Å². The van der Waals surface area contributed by atoms with E-state index in [1.54, 1.807) is 5.48 Å². The van der Waals surface area contributed by atoms with Crippen molar-refractivity contribution in [1.29, 1.82) is 0 Å². The molecule has 0 unspecified atom stereocenters. The SMILES string of the molecule is CC1(C)CC(NC(=O)NO)CC(C)(C)N1. The van der Waals surface area contributed by atoms with Crippen LogP contribution in [0.4, 0.5) is 4.79 Å². The van der Waals surface area contributed by atoms with E-state index in [0.717, 1.165) is 12.8 Å². The summed E-state index contributed by atoms with van der Waals surface area (Å²) in [4.78, 5) is 11.0. The summed E-state index contributed by atoms with van der Waals surface area (Å²) in [5, 5.41) is 14.7. The van der Waals surface area contributed by atoms with Crippen molar-refractivity contribution in [2.45, 2.75) is 57.7 Å². The summed E-state index contributed by atoms with van der Waals surface area (Å²) < 4.78 is 0. The number of nitrogens with one attached hydrogen (secondary N) is 3. The lowest BCUT2D eigenvalue weighted by Gasteiger charge is -2.46. The normalized spacial score (nSPS) is 24.6. The number of amides is 2. The van der Waals surface area contributed by atoms with Crippen LogP contribution < -0.4 is 16.1 Å². The van der Waals surface area contributed by atoms with Crippen LogP contribution >= 0.6 is 0 Å². The summed E-state index contributed by atoms with van der Waals surface area (Å²) in [6, 6.07) is -0.447. The van der Waals surface area contributed by atoms with Gasteiger partial charge >= 0.3 is 6.03 Å². The molecule has 4 N–H and O–H groups in total. The highest BCUT2D eigenvalue weighted by Crippen LogP contribution is 2.28. The molecular formula is C10H21N3O2. The van der Waals surface area contributed by atoms with E-state index >= 15 is 0 Å². The zero-order chi connectivity index (χ0) is 11.7. The van der Waals surface area contributed by atoms with Gasteiger partial charge < -0.3 is 10.6 Å². The van der Waals surface area contributed by atoms with Gasteiger partial charge in [0.2, 0.25) is 0 Å². The predicted octanol–water partition coefficient (Wildman–Crippen LogP) is 0.984. The van der Waals surface area contributed by atoms with Gasteiger partial charge in [-0.1, -0.05) is 0 Å². The zero-order valence-corrected chi connectivity index (χ0v) is 9.85. The highest BCUT2D eigenvalue weighted by molar-refractivity contribution is 5.72. The van der Waals surface area contributed by atoms with Crippen molar-refractivity contribution in [2.24, 2.45) is 0 Å². The van der Waals surface area contributed by atoms with Gasteiger partial charge in [-0.25, -0.2) is 10.3 Å². The van der Waals surface area contributed by atoms with Gasteiger partial charge in [0.25, 0.3) is 0 Å². The summed E-state index contributed by atoms with van der Waals surface area (Å²) in [6.07, 6.45) is 1.70. The molecule has 1 heterocycles. The molecule has 0 aliphatic carbocycles. The molecule has 0 aromatic rings. The summed E-state index contributed by atoms with van der Waals surface area (Å²) in [7, 11) is 0. The fourth-order valence-corrected chi connectivity index (χ4v) is 2.64. The number of rotatable bonds is 1. The van der Waals surface area contributed by atoms with E-state index in [1.165, 1.54) is 0 Å². The lowest BCUT2D eigenvalue weighted by Crippen LogP contribution is -2.62. The van der Waals surface area contributed by atoms with E-state index in [1.807, 2.05) is 0 Å². The third kappa shape index (κ3) is 3.68. The van der Waals surface area contributed by atoms with Crippen molar-refractivity contribution >= 4 is 6.03 Å². The van der Waals surface area contributed by atoms with Gasteiger partial charge in [-0.2, -0.15) is 0 Å². The number of piperidine rings is 1. The first kappa shape index (κ1) is 12.3. The molecule has 1 saturated heterocycles. The molecule has 1 fully saturated rings. The molecule has 2 amide bonds. The van der Waals surface area contributed by atoms with E-state index < -0.39 is 6.03 Å². The Morgan fingerprint density at radius 3 is 2.13 bits per heavy atom. The monoisotopic (exact) mass is 215 g/mol. The smallest absolute Gasteiger partial charge is 0.334 e. The van der Waals surface area contributed by atoms with Crippen molar-refractivity contribution in [3.05, 3.63) is 0 Å². The Morgan fingerprint density at radius 2 is 1.73 bits per heavy atom. The Labute approximate surface area is 90.6 Å². The number of carbonyl (C=O) groups is 1. The highest BCUT2D eigenvalue weighted by Gasteiger charge is 2.38. The molecular weight excluding hydrogens is 194 g/mol. The summed E-state index contributed by atoms with van der Waals surface area (Å²) in [6.45, 7) is 8.44. The largest absolute Gasteiger partial charge is 0.338 e. The molecule has 1 aliphatic heterocycles. The van der Waals surface area contributed by atoms with E-state index in [0.29, 0.717) is 0 Å². The lowest BCUT2D eigenvalue weighted by atomic mass is 9.80. The predicted molar refractivity (Wildman–Crippen MR) is 57.8 cm³/mol. The standard InChI is InChI=1S/C10H21N3O2/c1-9(2)5-7(11-8(14)12-15)6-10(3,4)13-9/h7,13,15H,5-6H2,1-4H3,(H2,11,12,14). The summed E-state index contributed by atoms with van der Waals surface area (Å²) >= 11 is 0.